The number of nitrogens with zero attached hydrogens (tertiary/aromatic N) is 1. The van der Waals surface area contributed by atoms with Crippen molar-refractivity contribution >= 4 is 29.3 Å². The van der Waals surface area contributed by atoms with E-state index in [1.165, 1.54) is 0 Å². The van der Waals surface area contributed by atoms with Gasteiger partial charge in [-0.3, -0.25) is 4.79 Å². The molecule has 0 saturated carbocycles. The molecule has 0 unspecified atom stereocenters. The Hall–Kier alpha value is -0.710. The first-order valence-corrected chi connectivity index (χ1v) is 7.30. The Balaban J connectivity index is 2.40. The smallest absolute Gasteiger partial charge is 0.233 e. The van der Waals surface area contributed by atoms with Crippen molar-refractivity contribution in [3.8, 4) is 0 Å². The fourth-order valence-corrected chi connectivity index (χ4v) is 2.44. The van der Waals surface area contributed by atoms with Gasteiger partial charge in [0.25, 0.3) is 0 Å². The van der Waals surface area contributed by atoms with Crippen molar-refractivity contribution in [3.63, 3.8) is 0 Å². The molecule has 0 heterocycles. The van der Waals surface area contributed by atoms with Gasteiger partial charge in [-0.1, -0.05) is 18.2 Å². The molecule has 0 N–H and O–H groups in total. The molecule has 0 aliphatic carbocycles. The van der Waals surface area contributed by atoms with Crippen molar-refractivity contribution in [3.05, 3.63) is 30.3 Å². The van der Waals surface area contributed by atoms with E-state index < -0.39 is 0 Å². The largest absolute Gasteiger partial charge is 0.383 e. The van der Waals surface area contributed by atoms with Crippen molar-refractivity contribution in [2.75, 3.05) is 38.4 Å². The van der Waals surface area contributed by atoms with E-state index in [2.05, 4.69) is 0 Å². The van der Waals surface area contributed by atoms with Crippen LogP contribution in [0, 0.1) is 0 Å². The minimum Gasteiger partial charge on any atom is -0.383 e. The lowest BCUT2D eigenvalue weighted by Crippen LogP contribution is -2.36. The number of ether oxygens (including phenoxy) is 1. The van der Waals surface area contributed by atoms with Crippen LogP contribution in [-0.2, 0) is 9.53 Å². The third-order valence-corrected chi connectivity index (χ3v) is 3.54. The summed E-state index contributed by atoms with van der Waals surface area (Å²) in [7, 11) is 1.63. The normalized spacial score (nSPS) is 10.3. The second-order valence-electron chi connectivity index (χ2n) is 3.66. The van der Waals surface area contributed by atoms with Crippen LogP contribution >= 0.6 is 23.4 Å². The van der Waals surface area contributed by atoms with Crippen LogP contribution < -0.4 is 0 Å². The lowest BCUT2D eigenvalue weighted by atomic mass is 10.4. The fraction of sp³-hybridized carbons (Fsp3) is 0.462. The number of thioether (sulfide) groups is 1. The first-order chi connectivity index (χ1) is 8.77. The number of carbonyl (C=O) groups excluding carboxylic acids is 1. The topological polar surface area (TPSA) is 29.5 Å². The van der Waals surface area contributed by atoms with Crippen LogP contribution in [0.1, 0.15) is 0 Å². The standard InChI is InChI=1S/C13H18ClNO2S/c1-17-10-9-15(8-7-14)13(16)11-18-12-5-3-2-4-6-12/h2-6H,7-11H2,1H3. The maximum atomic E-state index is 12.0. The Labute approximate surface area is 117 Å². The van der Waals surface area contributed by atoms with Crippen LogP contribution in [0.15, 0.2) is 35.2 Å². The Morgan fingerprint density at radius 3 is 2.67 bits per heavy atom. The first kappa shape index (κ1) is 15.3. The van der Waals surface area contributed by atoms with E-state index in [0.29, 0.717) is 31.3 Å². The van der Waals surface area contributed by atoms with Gasteiger partial charge >= 0.3 is 0 Å². The van der Waals surface area contributed by atoms with E-state index in [1.54, 1.807) is 23.8 Å². The maximum Gasteiger partial charge on any atom is 0.233 e. The van der Waals surface area contributed by atoms with Crippen molar-refractivity contribution < 1.29 is 9.53 Å². The minimum atomic E-state index is 0.0987. The van der Waals surface area contributed by atoms with Crippen molar-refractivity contribution in [2.45, 2.75) is 4.90 Å². The summed E-state index contributed by atoms with van der Waals surface area (Å²) in [6, 6.07) is 9.89. The van der Waals surface area contributed by atoms with E-state index in [1.807, 2.05) is 30.3 Å². The maximum absolute atomic E-state index is 12.0. The van der Waals surface area contributed by atoms with Crippen molar-refractivity contribution in [2.24, 2.45) is 0 Å². The average molecular weight is 288 g/mol. The van der Waals surface area contributed by atoms with Gasteiger partial charge in [-0.05, 0) is 12.1 Å². The Morgan fingerprint density at radius 2 is 2.06 bits per heavy atom. The molecular weight excluding hydrogens is 270 g/mol. The van der Waals surface area contributed by atoms with E-state index in [9.17, 15) is 4.79 Å². The predicted octanol–water partition coefficient (Wildman–Crippen LogP) is 2.49. The van der Waals surface area contributed by atoms with Gasteiger partial charge in [0.15, 0.2) is 0 Å². The first-order valence-electron chi connectivity index (χ1n) is 5.78. The van der Waals surface area contributed by atoms with E-state index >= 15 is 0 Å². The summed E-state index contributed by atoms with van der Waals surface area (Å²) >= 11 is 7.24. The van der Waals surface area contributed by atoms with Gasteiger partial charge in [0.2, 0.25) is 5.91 Å². The fourth-order valence-electron chi connectivity index (χ4n) is 1.42. The number of carbonyl (C=O) groups is 1. The summed E-state index contributed by atoms with van der Waals surface area (Å²) in [5, 5.41) is 0. The van der Waals surface area contributed by atoms with Crippen LogP contribution in [0.4, 0.5) is 0 Å². The monoisotopic (exact) mass is 287 g/mol. The van der Waals surface area contributed by atoms with Crippen LogP contribution in [-0.4, -0.2) is 49.2 Å². The van der Waals surface area contributed by atoms with Crippen molar-refractivity contribution in [1.82, 2.24) is 4.90 Å². The molecule has 0 fully saturated rings. The quantitative estimate of drug-likeness (QED) is 0.543. The lowest BCUT2D eigenvalue weighted by Gasteiger charge is -2.21. The van der Waals surface area contributed by atoms with Gasteiger partial charge in [0.1, 0.15) is 0 Å². The Morgan fingerprint density at radius 1 is 1.33 bits per heavy atom. The lowest BCUT2D eigenvalue weighted by molar-refractivity contribution is -0.128. The minimum absolute atomic E-state index is 0.0987. The summed E-state index contributed by atoms with van der Waals surface area (Å²) in [5.74, 6) is 0.984. The summed E-state index contributed by atoms with van der Waals surface area (Å²) in [4.78, 5) is 14.8. The zero-order valence-electron chi connectivity index (χ0n) is 10.5. The molecule has 0 spiro atoms. The third kappa shape index (κ3) is 5.76. The molecule has 0 bridgehead atoms. The molecule has 0 atom stereocenters. The molecule has 1 amide bonds. The van der Waals surface area contributed by atoms with Crippen LogP contribution in [0.2, 0.25) is 0 Å². The van der Waals surface area contributed by atoms with E-state index in [4.69, 9.17) is 16.3 Å². The highest BCUT2D eigenvalue weighted by molar-refractivity contribution is 8.00. The van der Waals surface area contributed by atoms with Gasteiger partial charge in [-0.25, -0.2) is 0 Å². The molecule has 1 aromatic rings. The number of methoxy groups -OCH3 is 1. The molecule has 0 aliphatic heterocycles. The van der Waals surface area contributed by atoms with E-state index in [-0.39, 0.29) is 5.91 Å². The van der Waals surface area contributed by atoms with E-state index in [0.717, 1.165) is 4.90 Å². The molecule has 1 aromatic carbocycles. The molecule has 0 aliphatic rings. The molecule has 1 rings (SSSR count). The highest BCUT2D eigenvalue weighted by Crippen LogP contribution is 2.17. The second-order valence-corrected chi connectivity index (χ2v) is 5.09. The predicted molar refractivity (Wildman–Crippen MR) is 76.3 cm³/mol. The van der Waals surface area contributed by atoms with Gasteiger partial charge in [0, 0.05) is 31.0 Å². The molecule has 5 heteroatoms. The summed E-state index contributed by atoms with van der Waals surface area (Å²) in [5.41, 5.74) is 0. The van der Waals surface area contributed by atoms with Gasteiger partial charge in [-0.15, -0.1) is 23.4 Å². The van der Waals surface area contributed by atoms with Gasteiger partial charge in [0.05, 0.1) is 12.4 Å². The molecule has 0 saturated heterocycles. The number of amides is 1. The zero-order valence-corrected chi connectivity index (χ0v) is 12.0. The average Bonchev–Trinajstić information content (AvgIpc) is 2.42. The van der Waals surface area contributed by atoms with Crippen LogP contribution in [0.3, 0.4) is 0 Å². The van der Waals surface area contributed by atoms with Crippen LogP contribution in [0.5, 0.6) is 0 Å². The molecular formula is C13H18ClNO2S. The number of alkyl halides is 1. The summed E-state index contributed by atoms with van der Waals surface area (Å²) < 4.78 is 4.99. The third-order valence-electron chi connectivity index (χ3n) is 2.38. The van der Waals surface area contributed by atoms with Gasteiger partial charge in [-0.2, -0.15) is 0 Å². The molecule has 0 aromatic heterocycles. The number of hydrogen-bond donors (Lipinski definition) is 0. The highest BCUT2D eigenvalue weighted by atomic mass is 35.5. The Bertz CT molecular complexity index is 348. The summed E-state index contributed by atoms with van der Waals surface area (Å²) in [6.07, 6.45) is 0. The highest BCUT2D eigenvalue weighted by Gasteiger charge is 2.12. The molecule has 18 heavy (non-hydrogen) atoms. The molecule has 100 valence electrons. The molecule has 3 nitrogen and oxygen atoms in total. The van der Waals surface area contributed by atoms with Crippen LogP contribution in [0.25, 0.3) is 0 Å². The number of halogens is 1. The molecule has 0 radical (unpaired) electrons. The SMILES string of the molecule is COCCN(CCCl)C(=O)CSc1ccccc1. The zero-order chi connectivity index (χ0) is 13.2. The number of benzene rings is 1. The Kier molecular flexibility index (Phi) is 7.89. The summed E-state index contributed by atoms with van der Waals surface area (Å²) in [6.45, 7) is 1.70. The number of rotatable bonds is 8. The second kappa shape index (κ2) is 9.25. The van der Waals surface area contributed by atoms with Crippen molar-refractivity contribution in [1.29, 1.82) is 0 Å². The number of hydrogen-bond acceptors (Lipinski definition) is 3. The van der Waals surface area contributed by atoms with Gasteiger partial charge < -0.3 is 9.64 Å².